The van der Waals surface area contributed by atoms with Gasteiger partial charge in [-0.1, -0.05) is 0 Å². The summed E-state index contributed by atoms with van der Waals surface area (Å²) in [5.41, 5.74) is 0. The lowest BCUT2D eigenvalue weighted by atomic mass is 10.6. The molecule has 0 rings (SSSR count). The molecule has 7 nitrogen and oxygen atoms in total. The van der Waals surface area contributed by atoms with Crippen LogP contribution in [0.4, 0.5) is 0 Å². The Bertz CT molecular complexity index is 270. The highest BCUT2D eigenvalue weighted by atomic mass is 32.2. The van der Waals surface area contributed by atoms with Crippen molar-refractivity contribution in [1.82, 2.24) is 6.15 Å². The third-order valence-electron chi connectivity index (χ3n) is 0.805. The van der Waals surface area contributed by atoms with Crippen LogP contribution in [0.25, 0.3) is 0 Å². The summed E-state index contributed by atoms with van der Waals surface area (Å²) >= 11 is 0. The maximum atomic E-state index is 10.00. The first kappa shape index (κ1) is 14.3. The molecule has 0 aliphatic rings. The summed E-state index contributed by atoms with van der Waals surface area (Å²) in [7, 11) is -8.24. The minimum Gasteiger partial charge on any atom is -0.344 e. The molecule has 0 spiro atoms. The van der Waals surface area contributed by atoms with Crippen molar-refractivity contribution in [2.24, 2.45) is 0 Å². The lowest BCUT2D eigenvalue weighted by molar-refractivity contribution is 0.477. The van der Waals surface area contributed by atoms with E-state index < -0.39 is 31.7 Å². The van der Waals surface area contributed by atoms with E-state index in [1.54, 1.807) is 0 Å². The molecule has 0 aliphatic heterocycles. The van der Waals surface area contributed by atoms with Crippen LogP contribution in [0, 0.1) is 0 Å². The molecular weight excluding hydrogens is 210 g/mol. The van der Waals surface area contributed by atoms with Gasteiger partial charge in [0.25, 0.3) is 20.2 Å². The van der Waals surface area contributed by atoms with Gasteiger partial charge >= 0.3 is 0 Å². The molecule has 0 aromatic rings. The molecule has 9 heteroatoms. The number of hydrogen-bond donors (Lipinski definition) is 3. The Morgan fingerprint density at radius 1 is 0.833 bits per heavy atom. The second-order valence-electron chi connectivity index (χ2n) is 1.93. The van der Waals surface area contributed by atoms with Gasteiger partial charge in [0.05, 0.1) is 11.5 Å². The van der Waals surface area contributed by atoms with Gasteiger partial charge in [-0.05, 0) is 6.42 Å². The zero-order chi connectivity index (χ0) is 9.12. The minimum atomic E-state index is -4.12. The van der Waals surface area contributed by atoms with Gasteiger partial charge in [0.2, 0.25) is 0 Å². The van der Waals surface area contributed by atoms with Crippen molar-refractivity contribution in [3.63, 3.8) is 0 Å². The summed E-state index contributed by atoms with van der Waals surface area (Å²) in [6, 6.07) is 0. The van der Waals surface area contributed by atoms with Gasteiger partial charge in [-0.25, -0.2) is 0 Å². The van der Waals surface area contributed by atoms with Crippen LogP contribution in [0.15, 0.2) is 0 Å². The number of rotatable bonds is 4. The standard InChI is InChI=1S/C3H8O6S2.H3N/c4-10(5,6)2-1-3-11(7,8)9;/h1-3H2,(H,4,5,6)(H,7,8,9);1H3. The molecule has 0 saturated heterocycles. The van der Waals surface area contributed by atoms with E-state index in [2.05, 4.69) is 0 Å². The number of hydrogen-bond acceptors (Lipinski definition) is 5. The predicted octanol–water partition coefficient (Wildman–Crippen LogP) is -0.686. The summed E-state index contributed by atoms with van der Waals surface area (Å²) in [6.45, 7) is 0. The second kappa shape index (κ2) is 4.72. The molecule has 0 unspecified atom stereocenters. The van der Waals surface area contributed by atoms with Gasteiger partial charge < -0.3 is 6.15 Å². The largest absolute Gasteiger partial charge is 0.344 e. The maximum absolute atomic E-state index is 10.00. The Kier molecular flexibility index (Phi) is 5.63. The fraction of sp³-hybridized carbons (Fsp3) is 1.00. The molecule has 0 heterocycles. The summed E-state index contributed by atoms with van der Waals surface area (Å²) < 4.78 is 56.2. The quantitative estimate of drug-likeness (QED) is 0.533. The Hall–Kier alpha value is -0.220. The van der Waals surface area contributed by atoms with E-state index in [0.29, 0.717) is 0 Å². The average molecular weight is 221 g/mol. The summed E-state index contributed by atoms with van der Waals surface area (Å²) in [5.74, 6) is -1.32. The first-order valence-electron chi connectivity index (χ1n) is 2.61. The van der Waals surface area contributed by atoms with E-state index in [1.807, 2.05) is 0 Å². The molecule has 0 radical (unpaired) electrons. The highest BCUT2D eigenvalue weighted by Crippen LogP contribution is 1.92. The van der Waals surface area contributed by atoms with Crippen LogP contribution in [0.3, 0.4) is 0 Å². The van der Waals surface area contributed by atoms with Gasteiger partial charge in [-0.15, -0.1) is 0 Å². The molecule has 0 aliphatic carbocycles. The van der Waals surface area contributed by atoms with Crippen molar-refractivity contribution in [2.75, 3.05) is 11.5 Å². The third-order valence-corrected chi connectivity index (χ3v) is 2.41. The molecule has 0 atom stereocenters. The summed E-state index contributed by atoms with van der Waals surface area (Å²) in [6.07, 6.45) is -0.308. The van der Waals surface area contributed by atoms with Crippen LogP contribution in [-0.4, -0.2) is 37.4 Å². The Balaban J connectivity index is 0. The molecule has 0 aromatic heterocycles. The third kappa shape index (κ3) is 12.5. The van der Waals surface area contributed by atoms with E-state index in [1.165, 1.54) is 0 Å². The zero-order valence-electron chi connectivity index (χ0n) is 6.17. The molecule has 0 saturated carbocycles. The van der Waals surface area contributed by atoms with Crippen LogP contribution in [0.5, 0.6) is 0 Å². The fourth-order valence-corrected chi connectivity index (χ4v) is 1.62. The molecule has 0 amide bonds. The average Bonchev–Trinajstić information content (AvgIpc) is 1.55. The summed E-state index contributed by atoms with van der Waals surface area (Å²) in [5, 5.41) is 0. The molecule has 5 N–H and O–H groups in total. The van der Waals surface area contributed by atoms with E-state index in [-0.39, 0.29) is 12.6 Å². The molecular formula is C3H11NO6S2. The molecule has 0 fully saturated rings. The maximum Gasteiger partial charge on any atom is 0.264 e. The highest BCUT2D eigenvalue weighted by Gasteiger charge is 2.08. The Morgan fingerprint density at radius 3 is 1.25 bits per heavy atom. The van der Waals surface area contributed by atoms with Crippen molar-refractivity contribution >= 4 is 20.2 Å². The fourth-order valence-electron chi connectivity index (χ4n) is 0.424. The lowest BCUT2D eigenvalue weighted by Crippen LogP contribution is -2.10. The molecule has 0 aromatic carbocycles. The lowest BCUT2D eigenvalue weighted by Gasteiger charge is -1.94. The summed E-state index contributed by atoms with van der Waals surface area (Å²) in [4.78, 5) is 0. The van der Waals surface area contributed by atoms with Crippen molar-refractivity contribution in [3.8, 4) is 0 Å². The highest BCUT2D eigenvalue weighted by molar-refractivity contribution is 7.86. The van der Waals surface area contributed by atoms with Gasteiger partial charge in [0.1, 0.15) is 0 Å². The smallest absolute Gasteiger partial charge is 0.264 e. The van der Waals surface area contributed by atoms with E-state index in [0.717, 1.165) is 0 Å². The van der Waals surface area contributed by atoms with Gasteiger partial charge in [-0.3, -0.25) is 9.11 Å². The minimum absolute atomic E-state index is 0. The van der Waals surface area contributed by atoms with Crippen LogP contribution < -0.4 is 6.15 Å². The van der Waals surface area contributed by atoms with Gasteiger partial charge in [0.15, 0.2) is 0 Å². The first-order chi connectivity index (χ1) is 4.71. The molecule has 12 heavy (non-hydrogen) atoms. The normalized spacial score (nSPS) is 12.2. The SMILES string of the molecule is N.O=S(=O)(O)CCCS(=O)(=O)O. The van der Waals surface area contributed by atoms with Crippen molar-refractivity contribution < 1.29 is 25.9 Å². The Labute approximate surface area is 70.9 Å². The van der Waals surface area contributed by atoms with Gasteiger partial charge in [-0.2, -0.15) is 16.8 Å². The van der Waals surface area contributed by atoms with E-state index in [9.17, 15) is 16.8 Å². The Morgan fingerprint density at radius 2 is 1.08 bits per heavy atom. The second-order valence-corrected chi connectivity index (χ2v) is 5.07. The monoisotopic (exact) mass is 221 g/mol. The van der Waals surface area contributed by atoms with Crippen LogP contribution >= 0.6 is 0 Å². The van der Waals surface area contributed by atoms with Crippen molar-refractivity contribution in [1.29, 1.82) is 0 Å². The predicted molar refractivity (Wildman–Crippen MR) is 42.5 cm³/mol. The van der Waals surface area contributed by atoms with Crippen molar-refractivity contribution in [3.05, 3.63) is 0 Å². The molecule has 0 bridgehead atoms. The first-order valence-corrected chi connectivity index (χ1v) is 5.83. The zero-order valence-corrected chi connectivity index (χ0v) is 7.81. The topological polar surface area (TPSA) is 144 Å². The van der Waals surface area contributed by atoms with E-state index >= 15 is 0 Å². The van der Waals surface area contributed by atoms with E-state index in [4.69, 9.17) is 9.11 Å². The molecule has 76 valence electrons. The van der Waals surface area contributed by atoms with Crippen LogP contribution in [0.2, 0.25) is 0 Å². The van der Waals surface area contributed by atoms with Crippen LogP contribution in [0.1, 0.15) is 6.42 Å². The van der Waals surface area contributed by atoms with Crippen molar-refractivity contribution in [2.45, 2.75) is 6.42 Å². The van der Waals surface area contributed by atoms with Crippen LogP contribution in [-0.2, 0) is 20.2 Å². The van der Waals surface area contributed by atoms with Gasteiger partial charge in [0, 0.05) is 0 Å².